The van der Waals surface area contributed by atoms with E-state index < -0.39 is 5.82 Å². The van der Waals surface area contributed by atoms with Gasteiger partial charge in [0.25, 0.3) is 5.91 Å². The molecule has 1 heterocycles. The number of carbonyl (C=O) groups is 1. The van der Waals surface area contributed by atoms with E-state index in [9.17, 15) is 13.6 Å². The van der Waals surface area contributed by atoms with Crippen LogP contribution in [0.15, 0.2) is 60.7 Å². The lowest BCUT2D eigenvalue weighted by Gasteiger charge is -2.33. The van der Waals surface area contributed by atoms with E-state index in [1.54, 1.807) is 12.1 Å². The van der Waals surface area contributed by atoms with E-state index in [1.807, 2.05) is 12.1 Å². The SMILES string of the molecule is CC1(C)CNCc2cc(NC(=O)c3ccc(F)cc3NCc3ccc(F)cc3)ccc21. The molecule has 0 aliphatic carbocycles. The second-order valence-electron chi connectivity index (χ2n) is 8.48. The molecule has 3 aromatic rings. The monoisotopic (exact) mass is 421 g/mol. The molecule has 4 nitrogen and oxygen atoms in total. The molecule has 0 atom stereocenters. The molecule has 0 spiro atoms. The van der Waals surface area contributed by atoms with Crippen molar-refractivity contribution in [3.8, 4) is 0 Å². The van der Waals surface area contributed by atoms with Crippen molar-refractivity contribution >= 4 is 17.3 Å². The van der Waals surface area contributed by atoms with Gasteiger partial charge >= 0.3 is 0 Å². The Morgan fingerprint density at radius 2 is 1.74 bits per heavy atom. The van der Waals surface area contributed by atoms with Crippen molar-refractivity contribution in [2.45, 2.75) is 32.4 Å². The largest absolute Gasteiger partial charge is 0.380 e. The molecule has 4 rings (SSSR count). The van der Waals surface area contributed by atoms with Gasteiger partial charge in [-0.1, -0.05) is 32.0 Å². The molecule has 0 bridgehead atoms. The summed E-state index contributed by atoms with van der Waals surface area (Å²) in [6.07, 6.45) is 0. The summed E-state index contributed by atoms with van der Waals surface area (Å²) in [5.74, 6) is -1.09. The van der Waals surface area contributed by atoms with Crippen LogP contribution in [0.25, 0.3) is 0 Å². The Kier molecular flexibility index (Phi) is 5.74. The first-order valence-corrected chi connectivity index (χ1v) is 10.3. The highest BCUT2D eigenvalue weighted by molar-refractivity contribution is 6.08. The quantitative estimate of drug-likeness (QED) is 0.530. The van der Waals surface area contributed by atoms with Gasteiger partial charge in [0.15, 0.2) is 0 Å². The normalized spacial score (nSPS) is 14.6. The molecule has 1 aliphatic heterocycles. The minimum Gasteiger partial charge on any atom is -0.380 e. The maximum atomic E-state index is 13.8. The lowest BCUT2D eigenvalue weighted by molar-refractivity contribution is 0.102. The first kappa shape index (κ1) is 21.0. The third-order valence-corrected chi connectivity index (χ3v) is 5.60. The van der Waals surface area contributed by atoms with Gasteiger partial charge in [0.2, 0.25) is 0 Å². The summed E-state index contributed by atoms with van der Waals surface area (Å²) in [7, 11) is 0. The van der Waals surface area contributed by atoms with E-state index in [0.717, 1.165) is 24.2 Å². The first-order chi connectivity index (χ1) is 14.8. The van der Waals surface area contributed by atoms with E-state index >= 15 is 0 Å². The van der Waals surface area contributed by atoms with Crippen molar-refractivity contribution < 1.29 is 13.6 Å². The standard InChI is InChI=1S/C25H25F2N3O/c1-25(2)15-28-14-17-11-20(8-10-22(17)25)30-24(31)21-9-7-19(27)12-23(21)29-13-16-3-5-18(26)6-4-16/h3-12,28-29H,13-15H2,1-2H3,(H,30,31). The van der Waals surface area contributed by atoms with Crippen LogP contribution in [0.5, 0.6) is 0 Å². The number of hydrogen-bond acceptors (Lipinski definition) is 3. The van der Waals surface area contributed by atoms with Crippen molar-refractivity contribution in [3.63, 3.8) is 0 Å². The topological polar surface area (TPSA) is 53.2 Å². The highest BCUT2D eigenvalue weighted by atomic mass is 19.1. The number of anilines is 2. The molecular formula is C25H25F2N3O. The minimum absolute atomic E-state index is 0.0323. The zero-order valence-electron chi connectivity index (χ0n) is 17.6. The molecule has 0 saturated carbocycles. The number of halogens is 2. The Labute approximate surface area is 180 Å². The zero-order chi connectivity index (χ0) is 22.0. The molecule has 0 aromatic heterocycles. The fourth-order valence-corrected chi connectivity index (χ4v) is 3.94. The van der Waals surface area contributed by atoms with Gasteiger partial charge < -0.3 is 16.0 Å². The third kappa shape index (κ3) is 4.75. The third-order valence-electron chi connectivity index (χ3n) is 5.60. The Morgan fingerprint density at radius 1 is 1.00 bits per heavy atom. The Balaban J connectivity index is 1.53. The smallest absolute Gasteiger partial charge is 0.257 e. The van der Waals surface area contributed by atoms with Crippen molar-refractivity contribution in [2.75, 3.05) is 17.2 Å². The van der Waals surface area contributed by atoms with Crippen molar-refractivity contribution in [3.05, 3.63) is 94.6 Å². The van der Waals surface area contributed by atoms with E-state index in [2.05, 4.69) is 35.9 Å². The lowest BCUT2D eigenvalue weighted by Crippen LogP contribution is -2.38. The molecule has 0 unspecified atom stereocenters. The fraction of sp³-hybridized carbons (Fsp3) is 0.240. The van der Waals surface area contributed by atoms with Crippen LogP contribution in [0.4, 0.5) is 20.2 Å². The van der Waals surface area contributed by atoms with Crippen LogP contribution in [-0.4, -0.2) is 12.5 Å². The molecule has 1 amide bonds. The molecule has 31 heavy (non-hydrogen) atoms. The molecular weight excluding hydrogens is 396 g/mol. The molecule has 160 valence electrons. The van der Waals surface area contributed by atoms with Crippen LogP contribution in [0, 0.1) is 11.6 Å². The molecule has 0 saturated heterocycles. The van der Waals surface area contributed by atoms with Crippen LogP contribution >= 0.6 is 0 Å². The Bertz CT molecular complexity index is 1110. The van der Waals surface area contributed by atoms with E-state index in [1.165, 1.54) is 35.9 Å². The summed E-state index contributed by atoms with van der Waals surface area (Å²) < 4.78 is 27.0. The zero-order valence-corrected chi connectivity index (χ0v) is 17.6. The summed E-state index contributed by atoms with van der Waals surface area (Å²) in [6, 6.07) is 16.0. The maximum absolute atomic E-state index is 13.8. The fourth-order valence-electron chi connectivity index (χ4n) is 3.94. The van der Waals surface area contributed by atoms with E-state index in [-0.39, 0.29) is 17.1 Å². The maximum Gasteiger partial charge on any atom is 0.257 e. The predicted molar refractivity (Wildman–Crippen MR) is 119 cm³/mol. The van der Waals surface area contributed by atoms with E-state index in [4.69, 9.17) is 0 Å². The summed E-state index contributed by atoms with van der Waals surface area (Å²) in [4.78, 5) is 13.0. The summed E-state index contributed by atoms with van der Waals surface area (Å²) >= 11 is 0. The van der Waals surface area contributed by atoms with Crippen LogP contribution in [0.2, 0.25) is 0 Å². The average molecular weight is 421 g/mol. The van der Waals surface area contributed by atoms with Crippen molar-refractivity contribution in [1.82, 2.24) is 5.32 Å². The van der Waals surface area contributed by atoms with Gasteiger partial charge in [0.1, 0.15) is 11.6 Å². The van der Waals surface area contributed by atoms with Gasteiger partial charge in [-0.3, -0.25) is 4.79 Å². The molecule has 0 radical (unpaired) electrons. The van der Waals surface area contributed by atoms with Crippen LogP contribution in [-0.2, 0) is 18.5 Å². The van der Waals surface area contributed by atoms with Crippen molar-refractivity contribution in [2.24, 2.45) is 0 Å². The molecule has 6 heteroatoms. The van der Waals surface area contributed by atoms with Gasteiger partial charge in [-0.15, -0.1) is 0 Å². The lowest BCUT2D eigenvalue weighted by atomic mass is 9.79. The number of rotatable bonds is 5. The summed E-state index contributed by atoms with van der Waals surface area (Å²) in [5, 5.41) is 9.41. The number of carbonyl (C=O) groups excluding carboxylic acids is 1. The number of nitrogens with one attached hydrogen (secondary N) is 3. The van der Waals surface area contributed by atoms with Gasteiger partial charge in [-0.05, 0) is 59.2 Å². The van der Waals surface area contributed by atoms with Gasteiger partial charge in [-0.2, -0.15) is 0 Å². The number of benzene rings is 3. The van der Waals surface area contributed by atoms with Crippen LogP contribution in [0.1, 0.15) is 40.9 Å². The van der Waals surface area contributed by atoms with E-state index in [0.29, 0.717) is 23.5 Å². The average Bonchev–Trinajstić information content (AvgIpc) is 2.73. The highest BCUT2D eigenvalue weighted by Crippen LogP contribution is 2.31. The Morgan fingerprint density at radius 3 is 2.52 bits per heavy atom. The minimum atomic E-state index is -0.444. The summed E-state index contributed by atoms with van der Waals surface area (Å²) in [5.41, 5.74) is 4.68. The van der Waals surface area contributed by atoms with Crippen LogP contribution < -0.4 is 16.0 Å². The predicted octanol–water partition coefficient (Wildman–Crippen LogP) is 5.21. The summed E-state index contributed by atoms with van der Waals surface area (Å²) in [6.45, 7) is 6.37. The first-order valence-electron chi connectivity index (χ1n) is 10.3. The number of hydrogen-bond donors (Lipinski definition) is 3. The van der Waals surface area contributed by atoms with Gasteiger partial charge in [0.05, 0.1) is 11.3 Å². The van der Waals surface area contributed by atoms with Gasteiger partial charge in [0, 0.05) is 30.7 Å². The molecule has 3 aromatic carbocycles. The Hall–Kier alpha value is -3.25. The highest BCUT2D eigenvalue weighted by Gasteiger charge is 2.27. The van der Waals surface area contributed by atoms with Gasteiger partial charge in [-0.25, -0.2) is 8.78 Å². The molecule has 1 aliphatic rings. The molecule has 0 fully saturated rings. The second-order valence-corrected chi connectivity index (χ2v) is 8.48. The second kappa shape index (κ2) is 8.47. The van der Waals surface area contributed by atoms with Crippen LogP contribution in [0.3, 0.4) is 0 Å². The molecule has 3 N–H and O–H groups in total. The van der Waals surface area contributed by atoms with Crippen molar-refractivity contribution in [1.29, 1.82) is 0 Å². The number of fused-ring (bicyclic) bond motifs is 1. The number of amides is 1.